The van der Waals surface area contributed by atoms with Gasteiger partial charge in [-0.1, -0.05) is 70.4 Å². The number of hydroxylamine groups is 2. The van der Waals surface area contributed by atoms with Crippen molar-refractivity contribution in [1.29, 1.82) is 0 Å². The molecule has 2 atom stereocenters. The minimum Gasteiger partial charge on any atom is -0.295 e. The molecule has 1 aromatic rings. The van der Waals surface area contributed by atoms with Gasteiger partial charge in [0.2, 0.25) is 0 Å². The van der Waals surface area contributed by atoms with Crippen LogP contribution in [0.3, 0.4) is 0 Å². The number of hydrogen-bond acceptors (Lipinski definition) is 2. The normalized spacial score (nSPS) is 19.7. The number of hydrogen-bond donors (Lipinski definition) is 0. The molecule has 136 valence electrons. The molecule has 1 aromatic carbocycles. The van der Waals surface area contributed by atoms with E-state index in [0.29, 0.717) is 18.1 Å². The number of benzene rings is 1. The Labute approximate surface area is 149 Å². The van der Waals surface area contributed by atoms with E-state index < -0.39 is 0 Å². The minimum atomic E-state index is 0.109. The largest absolute Gasteiger partial charge is 0.295 e. The van der Waals surface area contributed by atoms with Crippen molar-refractivity contribution in [2.75, 3.05) is 0 Å². The van der Waals surface area contributed by atoms with Crippen LogP contribution in [0, 0.1) is 11.3 Å². The van der Waals surface area contributed by atoms with Gasteiger partial charge in [-0.25, -0.2) is 0 Å². The average Bonchev–Trinajstić information content (AvgIpc) is 2.54. The molecule has 24 heavy (non-hydrogen) atoms. The highest BCUT2D eigenvalue weighted by atomic mass is 16.7. The van der Waals surface area contributed by atoms with Gasteiger partial charge in [-0.2, -0.15) is 5.06 Å². The molecule has 0 heterocycles. The van der Waals surface area contributed by atoms with E-state index in [9.17, 15) is 0 Å². The molecule has 1 aliphatic rings. The van der Waals surface area contributed by atoms with Crippen LogP contribution >= 0.6 is 0 Å². The second kappa shape index (κ2) is 8.49. The van der Waals surface area contributed by atoms with E-state index in [2.05, 4.69) is 76.9 Å². The Morgan fingerprint density at radius 3 is 2.04 bits per heavy atom. The van der Waals surface area contributed by atoms with Gasteiger partial charge in [0, 0.05) is 6.04 Å². The Kier molecular flexibility index (Phi) is 6.88. The summed E-state index contributed by atoms with van der Waals surface area (Å²) in [5, 5.41) is 2.27. The highest BCUT2D eigenvalue weighted by Crippen LogP contribution is 2.40. The molecular weight excluding hydrogens is 294 g/mol. The summed E-state index contributed by atoms with van der Waals surface area (Å²) in [5.41, 5.74) is 1.45. The van der Waals surface area contributed by atoms with E-state index >= 15 is 0 Å². The average molecular weight is 332 g/mol. The number of nitrogens with zero attached hydrogens (tertiary/aromatic N) is 1. The van der Waals surface area contributed by atoms with E-state index in [1.807, 2.05) is 0 Å². The van der Waals surface area contributed by atoms with Crippen LogP contribution in [0.25, 0.3) is 0 Å². The van der Waals surface area contributed by atoms with Crippen LogP contribution in [-0.2, 0) is 4.84 Å². The predicted molar refractivity (Wildman–Crippen MR) is 103 cm³/mol. The molecule has 0 N–H and O–H groups in total. The SMILES string of the molecule is CC(ON(C(C)C)C(c1ccccc1)C(C)(C)C)C1CCCCC1. The Balaban J connectivity index is 2.22. The maximum atomic E-state index is 6.63. The maximum absolute atomic E-state index is 6.63. The van der Waals surface area contributed by atoms with Gasteiger partial charge >= 0.3 is 0 Å². The standard InChI is InChI=1S/C22H37NO/c1-17(2)23(24-18(3)19-13-9-7-10-14-19)21(22(4,5)6)20-15-11-8-12-16-20/h8,11-12,15-19,21H,7,9-10,13-14H2,1-6H3. The molecule has 0 aromatic heterocycles. The molecule has 1 aliphatic carbocycles. The molecule has 0 aliphatic heterocycles. The molecule has 0 spiro atoms. The van der Waals surface area contributed by atoms with Gasteiger partial charge in [0.15, 0.2) is 0 Å². The molecule has 1 saturated carbocycles. The minimum absolute atomic E-state index is 0.109. The Morgan fingerprint density at radius 1 is 0.958 bits per heavy atom. The Bertz CT molecular complexity index is 470. The van der Waals surface area contributed by atoms with E-state index in [0.717, 1.165) is 0 Å². The molecule has 2 unspecified atom stereocenters. The first-order valence-corrected chi connectivity index (χ1v) is 9.80. The molecule has 0 radical (unpaired) electrons. The topological polar surface area (TPSA) is 12.5 Å². The zero-order valence-electron chi connectivity index (χ0n) is 16.6. The Hall–Kier alpha value is -0.860. The van der Waals surface area contributed by atoms with Crippen LogP contribution in [0.4, 0.5) is 0 Å². The second-order valence-electron chi connectivity index (χ2n) is 8.84. The summed E-state index contributed by atoms with van der Waals surface area (Å²) in [6, 6.07) is 11.4. The second-order valence-corrected chi connectivity index (χ2v) is 8.84. The summed E-state index contributed by atoms with van der Waals surface area (Å²) in [6.07, 6.45) is 7.05. The zero-order chi connectivity index (χ0) is 17.7. The van der Waals surface area contributed by atoms with Crippen LogP contribution in [0.15, 0.2) is 30.3 Å². The van der Waals surface area contributed by atoms with Crippen LogP contribution < -0.4 is 0 Å². The monoisotopic (exact) mass is 331 g/mol. The van der Waals surface area contributed by atoms with Crippen LogP contribution in [-0.4, -0.2) is 17.2 Å². The van der Waals surface area contributed by atoms with Crippen molar-refractivity contribution in [3.8, 4) is 0 Å². The summed E-state index contributed by atoms with van der Waals surface area (Å²) >= 11 is 0. The van der Waals surface area contributed by atoms with Gasteiger partial charge in [0.25, 0.3) is 0 Å². The fraction of sp³-hybridized carbons (Fsp3) is 0.727. The van der Waals surface area contributed by atoms with Gasteiger partial charge in [-0.3, -0.25) is 4.84 Å². The zero-order valence-corrected chi connectivity index (χ0v) is 16.6. The first-order chi connectivity index (χ1) is 11.3. The number of rotatable bonds is 6. The van der Waals surface area contributed by atoms with E-state index in [1.54, 1.807) is 0 Å². The van der Waals surface area contributed by atoms with E-state index in [4.69, 9.17) is 4.84 Å². The summed E-state index contributed by atoms with van der Waals surface area (Å²) in [7, 11) is 0. The lowest BCUT2D eigenvalue weighted by Crippen LogP contribution is -2.44. The molecule has 1 fully saturated rings. The van der Waals surface area contributed by atoms with Crippen LogP contribution in [0.2, 0.25) is 0 Å². The summed E-state index contributed by atoms with van der Waals surface area (Å²) in [6.45, 7) is 13.7. The predicted octanol–water partition coefficient (Wildman–Crippen LogP) is 6.38. The fourth-order valence-electron chi connectivity index (χ4n) is 4.03. The lowest BCUT2D eigenvalue weighted by Gasteiger charge is -2.44. The van der Waals surface area contributed by atoms with Crippen LogP contribution in [0.1, 0.15) is 85.3 Å². The van der Waals surface area contributed by atoms with Crippen molar-refractivity contribution in [3.05, 3.63) is 35.9 Å². The first-order valence-electron chi connectivity index (χ1n) is 9.80. The third kappa shape index (κ3) is 5.07. The molecule has 0 bridgehead atoms. The van der Waals surface area contributed by atoms with Gasteiger partial charge < -0.3 is 0 Å². The highest BCUT2D eigenvalue weighted by molar-refractivity contribution is 5.20. The highest BCUT2D eigenvalue weighted by Gasteiger charge is 2.36. The fourth-order valence-corrected chi connectivity index (χ4v) is 4.03. The first kappa shape index (κ1) is 19.5. The van der Waals surface area contributed by atoms with E-state index in [-0.39, 0.29) is 11.5 Å². The van der Waals surface area contributed by atoms with Gasteiger partial charge in [0.05, 0.1) is 12.1 Å². The maximum Gasteiger partial charge on any atom is 0.0793 e. The van der Waals surface area contributed by atoms with Gasteiger partial charge in [0.1, 0.15) is 0 Å². The third-order valence-corrected chi connectivity index (χ3v) is 5.30. The van der Waals surface area contributed by atoms with Crippen molar-refractivity contribution in [1.82, 2.24) is 5.06 Å². The summed E-state index contributed by atoms with van der Waals surface area (Å²) in [5.74, 6) is 0.705. The van der Waals surface area contributed by atoms with Crippen molar-refractivity contribution >= 4 is 0 Å². The van der Waals surface area contributed by atoms with Gasteiger partial charge in [-0.05, 0) is 50.5 Å². The van der Waals surface area contributed by atoms with E-state index in [1.165, 1.54) is 37.7 Å². The molecule has 0 amide bonds. The lowest BCUT2D eigenvalue weighted by molar-refractivity contribution is -0.265. The van der Waals surface area contributed by atoms with Crippen LogP contribution in [0.5, 0.6) is 0 Å². The molecule has 0 saturated heterocycles. The lowest BCUT2D eigenvalue weighted by atomic mass is 9.81. The molecular formula is C22H37NO. The van der Waals surface area contributed by atoms with Crippen molar-refractivity contribution < 1.29 is 4.84 Å². The summed E-state index contributed by atoms with van der Waals surface area (Å²) < 4.78 is 0. The van der Waals surface area contributed by atoms with Crippen molar-refractivity contribution in [3.63, 3.8) is 0 Å². The third-order valence-electron chi connectivity index (χ3n) is 5.30. The van der Waals surface area contributed by atoms with Crippen molar-refractivity contribution in [2.45, 2.75) is 91.8 Å². The summed E-state index contributed by atoms with van der Waals surface area (Å²) in [4.78, 5) is 6.63. The Morgan fingerprint density at radius 2 is 1.54 bits per heavy atom. The molecule has 2 heteroatoms. The molecule has 2 nitrogen and oxygen atoms in total. The smallest absolute Gasteiger partial charge is 0.0793 e. The quantitative estimate of drug-likeness (QED) is 0.560. The van der Waals surface area contributed by atoms with Gasteiger partial charge in [-0.15, -0.1) is 0 Å². The van der Waals surface area contributed by atoms with Crippen molar-refractivity contribution in [2.24, 2.45) is 11.3 Å². The molecule has 2 rings (SSSR count).